The fourth-order valence-corrected chi connectivity index (χ4v) is 5.32. The van der Waals surface area contributed by atoms with Crippen LogP contribution >= 0.6 is 0 Å². The van der Waals surface area contributed by atoms with Crippen molar-refractivity contribution in [1.29, 1.82) is 0 Å². The normalized spacial score (nSPS) is 14.2. The summed E-state index contributed by atoms with van der Waals surface area (Å²) in [6.45, 7) is 34.8. The van der Waals surface area contributed by atoms with Gasteiger partial charge in [-0.1, -0.05) is 62.3 Å². The highest BCUT2D eigenvalue weighted by Gasteiger charge is 2.43. The number of benzene rings is 1. The van der Waals surface area contributed by atoms with Gasteiger partial charge in [0.15, 0.2) is 0 Å². The van der Waals surface area contributed by atoms with Gasteiger partial charge >= 0.3 is 5.97 Å². The van der Waals surface area contributed by atoms with E-state index in [2.05, 4.69) is 102 Å². The van der Waals surface area contributed by atoms with E-state index in [1.54, 1.807) is 0 Å². The van der Waals surface area contributed by atoms with Crippen molar-refractivity contribution in [2.45, 2.75) is 124 Å². The predicted molar refractivity (Wildman–Crippen MR) is 149 cm³/mol. The van der Waals surface area contributed by atoms with Crippen LogP contribution in [-0.4, -0.2) is 30.9 Å². The largest absolute Gasteiger partial charge is 0.543 e. The minimum Gasteiger partial charge on any atom is -0.543 e. The van der Waals surface area contributed by atoms with Crippen molar-refractivity contribution >= 4 is 30.9 Å². The van der Waals surface area contributed by atoms with Gasteiger partial charge in [0.25, 0.3) is 8.32 Å². The Balaban J connectivity index is 3.63. The maximum Gasteiger partial charge on any atom is 0.325 e. The van der Waals surface area contributed by atoms with Crippen molar-refractivity contribution in [3.63, 3.8) is 0 Å². The second-order valence-electron chi connectivity index (χ2n) is 14.0. The van der Waals surface area contributed by atoms with E-state index < -0.39 is 25.0 Å². The van der Waals surface area contributed by atoms with Gasteiger partial charge in [0.05, 0.1) is 5.56 Å². The highest BCUT2D eigenvalue weighted by atomic mass is 28.4. The summed E-state index contributed by atoms with van der Waals surface area (Å²) in [5.41, 5.74) is 1.37. The van der Waals surface area contributed by atoms with E-state index in [0.29, 0.717) is 11.3 Å². The van der Waals surface area contributed by atoms with E-state index in [-0.39, 0.29) is 21.1 Å². The van der Waals surface area contributed by atoms with Gasteiger partial charge in [0.1, 0.15) is 11.5 Å². The number of rotatable bonds is 6. The van der Waals surface area contributed by atoms with Gasteiger partial charge in [0.2, 0.25) is 16.6 Å². The highest BCUT2D eigenvalue weighted by molar-refractivity contribution is 6.76. The molecule has 0 spiro atoms. The lowest BCUT2D eigenvalue weighted by atomic mass is 10.1. The summed E-state index contributed by atoms with van der Waals surface area (Å²) in [5, 5.41) is 0.0178. The van der Waals surface area contributed by atoms with Gasteiger partial charge in [-0.2, -0.15) is 0 Å². The van der Waals surface area contributed by atoms with Crippen molar-refractivity contribution in [2.24, 2.45) is 0 Å². The minimum absolute atomic E-state index is 0.0392. The highest BCUT2D eigenvalue weighted by Crippen LogP contribution is 2.43. The molecule has 0 fully saturated rings. The molecule has 0 aliphatic carbocycles. The molecule has 4 nitrogen and oxygen atoms in total. The van der Waals surface area contributed by atoms with E-state index in [0.717, 1.165) is 11.3 Å². The second-order valence-corrected chi connectivity index (χ2v) is 28.1. The molecule has 1 rings (SSSR count). The topological polar surface area (TPSA) is 44.8 Å². The Hall–Kier alpha value is -1.06. The Bertz CT molecular complexity index is 867. The van der Waals surface area contributed by atoms with Gasteiger partial charge in [0, 0.05) is 11.6 Å². The molecule has 0 saturated heterocycles. The zero-order chi connectivity index (χ0) is 26.4. The maximum absolute atomic E-state index is 13.5. The molecule has 0 saturated carbocycles. The molecule has 0 bridgehead atoms. The summed E-state index contributed by atoms with van der Waals surface area (Å²) in [5.74, 6) is 1.16. The SMILES string of the molecule is Cc1c(O[Si](C)(C)C(C)(C)C)cc(O[Si](C)(C)C(C)(C)C)cc1C(=O)O[Si](C)(C)C(C)(C)C. The number of carbonyl (C=O) groups excluding carboxylic acids is 1. The molecule has 190 valence electrons. The maximum atomic E-state index is 13.5. The summed E-state index contributed by atoms with van der Waals surface area (Å²) in [6, 6.07) is 3.85. The average Bonchev–Trinajstić information content (AvgIpc) is 2.53. The van der Waals surface area contributed by atoms with Crippen LogP contribution in [0.1, 0.15) is 78.2 Å². The number of hydrogen-bond donors (Lipinski definition) is 0. The molecule has 33 heavy (non-hydrogen) atoms. The third-order valence-electron chi connectivity index (χ3n) is 8.06. The minimum atomic E-state index is -2.28. The zero-order valence-corrected chi connectivity index (χ0v) is 27.3. The van der Waals surface area contributed by atoms with Crippen molar-refractivity contribution < 1.29 is 18.1 Å². The third kappa shape index (κ3) is 6.98. The van der Waals surface area contributed by atoms with Crippen LogP contribution in [0.5, 0.6) is 11.5 Å². The Morgan fingerprint density at radius 3 is 1.45 bits per heavy atom. The van der Waals surface area contributed by atoms with Crippen LogP contribution in [0.15, 0.2) is 12.1 Å². The Labute approximate surface area is 207 Å². The summed E-state index contributed by atoms with van der Waals surface area (Å²) >= 11 is 0. The quantitative estimate of drug-likeness (QED) is 0.358. The molecule has 0 aromatic heterocycles. The van der Waals surface area contributed by atoms with Crippen LogP contribution in [0, 0.1) is 6.92 Å². The first-order valence-corrected chi connectivity index (χ1v) is 20.8. The lowest BCUT2D eigenvalue weighted by molar-refractivity contribution is 0.0711. The van der Waals surface area contributed by atoms with E-state index >= 15 is 0 Å². The van der Waals surface area contributed by atoms with Crippen LogP contribution < -0.4 is 8.85 Å². The van der Waals surface area contributed by atoms with Crippen LogP contribution in [0.4, 0.5) is 0 Å². The first kappa shape index (κ1) is 30.0. The van der Waals surface area contributed by atoms with Crippen molar-refractivity contribution in [3.8, 4) is 11.5 Å². The van der Waals surface area contributed by atoms with Crippen LogP contribution in [0.25, 0.3) is 0 Å². The lowest BCUT2D eigenvalue weighted by Crippen LogP contribution is -2.45. The molecule has 0 aliphatic heterocycles. The van der Waals surface area contributed by atoms with Crippen LogP contribution in [0.3, 0.4) is 0 Å². The molecule has 0 N–H and O–H groups in total. The Kier molecular flexibility index (Phi) is 8.35. The fraction of sp³-hybridized carbons (Fsp3) is 0.731. The predicted octanol–water partition coefficient (Wildman–Crippen LogP) is 8.93. The smallest absolute Gasteiger partial charge is 0.325 e. The van der Waals surface area contributed by atoms with Crippen molar-refractivity contribution in [3.05, 3.63) is 23.3 Å². The molecule has 0 heterocycles. The van der Waals surface area contributed by atoms with Gasteiger partial charge in [-0.3, -0.25) is 0 Å². The molecule has 0 unspecified atom stereocenters. The summed E-state index contributed by atoms with van der Waals surface area (Å²) in [6.07, 6.45) is 0. The van der Waals surface area contributed by atoms with Crippen molar-refractivity contribution in [2.75, 3.05) is 0 Å². The lowest BCUT2D eigenvalue weighted by Gasteiger charge is -2.39. The average molecular weight is 511 g/mol. The van der Waals surface area contributed by atoms with Gasteiger partial charge < -0.3 is 13.3 Å². The summed E-state index contributed by atoms with van der Waals surface area (Å²) in [4.78, 5) is 13.5. The fourth-order valence-electron chi connectivity index (χ4n) is 2.35. The van der Waals surface area contributed by atoms with Gasteiger partial charge in [-0.25, -0.2) is 4.79 Å². The zero-order valence-electron chi connectivity index (χ0n) is 24.3. The molecule has 1 aromatic carbocycles. The molecular weight excluding hydrogens is 461 g/mol. The van der Waals surface area contributed by atoms with E-state index in [9.17, 15) is 4.79 Å². The second kappa shape index (κ2) is 9.19. The molecular formula is C26H50O4Si3. The van der Waals surface area contributed by atoms with Gasteiger partial charge in [-0.15, -0.1) is 0 Å². The van der Waals surface area contributed by atoms with Crippen molar-refractivity contribution in [1.82, 2.24) is 0 Å². The first-order valence-electron chi connectivity index (χ1n) is 12.1. The third-order valence-corrected chi connectivity index (χ3v) is 21.1. The summed E-state index contributed by atoms with van der Waals surface area (Å²) in [7, 11) is -6.50. The number of carbonyl (C=O) groups is 1. The molecule has 7 heteroatoms. The van der Waals surface area contributed by atoms with E-state index in [1.165, 1.54) is 0 Å². The van der Waals surface area contributed by atoms with Crippen LogP contribution in [0.2, 0.25) is 54.4 Å². The van der Waals surface area contributed by atoms with E-state index in [1.807, 2.05) is 19.1 Å². The Morgan fingerprint density at radius 1 is 0.667 bits per heavy atom. The molecule has 0 radical (unpaired) electrons. The van der Waals surface area contributed by atoms with E-state index in [4.69, 9.17) is 13.3 Å². The molecule has 0 atom stereocenters. The molecule has 0 amide bonds. The molecule has 1 aromatic rings. The monoisotopic (exact) mass is 510 g/mol. The molecule has 0 aliphatic rings. The number of hydrogen-bond acceptors (Lipinski definition) is 4. The summed E-state index contributed by atoms with van der Waals surface area (Å²) < 4.78 is 19.5. The standard InChI is InChI=1S/C26H50O4Si3/c1-19-21(23(27)30-33(15,16)26(8,9)10)17-20(28-31(11,12)24(2,3)4)18-22(19)29-32(13,14)25(5,6)7/h17-18H,1-16H3. The van der Waals surface area contributed by atoms with Gasteiger partial charge in [-0.05, 0) is 67.4 Å². The Morgan fingerprint density at radius 2 is 1.06 bits per heavy atom. The first-order chi connectivity index (χ1) is 14.3. The van der Waals surface area contributed by atoms with Crippen LogP contribution in [-0.2, 0) is 4.43 Å².